The van der Waals surface area contributed by atoms with Gasteiger partial charge >= 0.3 is 0 Å². The molecule has 1 aliphatic rings. The summed E-state index contributed by atoms with van der Waals surface area (Å²) in [7, 11) is 1.95. The topological polar surface area (TPSA) is 47.7 Å². The van der Waals surface area contributed by atoms with Crippen molar-refractivity contribution in [1.82, 2.24) is 24.6 Å². The van der Waals surface area contributed by atoms with Crippen molar-refractivity contribution in [2.45, 2.75) is 32.7 Å². The minimum absolute atomic E-state index is 0.888. The summed E-state index contributed by atoms with van der Waals surface area (Å²) < 4.78 is 4.14. The minimum atomic E-state index is 0.888. The normalized spacial score (nSPS) is 14.8. The zero-order valence-corrected chi connectivity index (χ0v) is 11.0. The first kappa shape index (κ1) is 11.5. The van der Waals surface area contributed by atoms with Gasteiger partial charge in [0.1, 0.15) is 5.82 Å². The molecule has 0 unspecified atom stereocenters. The molecule has 0 spiro atoms. The summed E-state index contributed by atoms with van der Waals surface area (Å²) in [5.41, 5.74) is 3.69. The molecule has 0 radical (unpaired) electrons. The van der Waals surface area contributed by atoms with E-state index < -0.39 is 0 Å². The monoisotopic (exact) mass is 245 g/mol. The van der Waals surface area contributed by atoms with Crippen LogP contribution in [-0.4, -0.2) is 25.9 Å². The Hall–Kier alpha value is -1.62. The van der Waals surface area contributed by atoms with Gasteiger partial charge in [-0.05, 0) is 6.42 Å². The molecule has 2 aromatic rings. The van der Waals surface area contributed by atoms with E-state index in [-0.39, 0.29) is 0 Å². The van der Waals surface area contributed by atoms with Gasteiger partial charge in [-0.15, -0.1) is 0 Å². The lowest BCUT2D eigenvalue weighted by Crippen LogP contribution is -2.24. The van der Waals surface area contributed by atoms with Gasteiger partial charge in [0.2, 0.25) is 0 Å². The zero-order valence-electron chi connectivity index (χ0n) is 11.0. The molecule has 96 valence electrons. The van der Waals surface area contributed by atoms with E-state index in [1.807, 2.05) is 17.9 Å². The maximum absolute atomic E-state index is 4.79. The third-order valence-electron chi connectivity index (χ3n) is 3.38. The first-order valence-electron chi connectivity index (χ1n) is 6.58. The number of nitrogens with one attached hydrogen (secondary N) is 1. The summed E-state index contributed by atoms with van der Waals surface area (Å²) in [4.78, 5) is 4.79. The summed E-state index contributed by atoms with van der Waals surface area (Å²) >= 11 is 0. The van der Waals surface area contributed by atoms with Gasteiger partial charge in [0.05, 0.1) is 17.6 Å². The molecule has 0 bridgehead atoms. The standard InChI is InChI=1S/C13H19N5/c1-3-4-13-16-11-8-14-6-5-12(11)18(13)10-7-15-17(2)9-10/h7,9,14H,3-6,8H2,1-2H3. The molecule has 0 fully saturated rings. The predicted molar refractivity (Wildman–Crippen MR) is 69.7 cm³/mol. The van der Waals surface area contributed by atoms with Gasteiger partial charge in [0.15, 0.2) is 0 Å². The molecule has 0 saturated carbocycles. The Bertz CT molecular complexity index is 552. The van der Waals surface area contributed by atoms with Crippen molar-refractivity contribution in [3.8, 4) is 5.69 Å². The smallest absolute Gasteiger partial charge is 0.113 e. The van der Waals surface area contributed by atoms with Gasteiger partial charge < -0.3 is 5.32 Å². The fraction of sp³-hybridized carbons (Fsp3) is 0.538. The van der Waals surface area contributed by atoms with Crippen molar-refractivity contribution in [1.29, 1.82) is 0 Å². The SMILES string of the molecule is CCCc1nc2c(n1-c1cnn(C)c1)CCNC2. The Kier molecular flexibility index (Phi) is 2.91. The second-order valence-corrected chi connectivity index (χ2v) is 4.81. The van der Waals surface area contributed by atoms with Gasteiger partial charge in [0, 0.05) is 44.9 Å². The van der Waals surface area contributed by atoms with Crippen LogP contribution in [0.1, 0.15) is 30.6 Å². The molecule has 3 rings (SSSR count). The first-order chi connectivity index (χ1) is 8.79. The fourth-order valence-corrected chi connectivity index (χ4v) is 2.59. The number of aryl methyl sites for hydroxylation is 2. The highest BCUT2D eigenvalue weighted by molar-refractivity contribution is 5.35. The number of hydrogen-bond donors (Lipinski definition) is 1. The van der Waals surface area contributed by atoms with E-state index in [2.05, 4.69) is 28.1 Å². The Morgan fingerprint density at radius 1 is 1.44 bits per heavy atom. The van der Waals surface area contributed by atoms with Crippen LogP contribution in [0.5, 0.6) is 0 Å². The molecule has 0 saturated heterocycles. The van der Waals surface area contributed by atoms with Crippen molar-refractivity contribution >= 4 is 0 Å². The second-order valence-electron chi connectivity index (χ2n) is 4.81. The van der Waals surface area contributed by atoms with Crippen LogP contribution in [0.2, 0.25) is 0 Å². The molecule has 0 amide bonds. The maximum Gasteiger partial charge on any atom is 0.113 e. The summed E-state index contributed by atoms with van der Waals surface area (Å²) in [5.74, 6) is 1.17. The van der Waals surface area contributed by atoms with Crippen LogP contribution in [0.3, 0.4) is 0 Å². The van der Waals surface area contributed by atoms with Gasteiger partial charge in [0.25, 0.3) is 0 Å². The molecule has 3 heterocycles. The Morgan fingerprint density at radius 2 is 2.33 bits per heavy atom. The van der Waals surface area contributed by atoms with Crippen LogP contribution in [0.4, 0.5) is 0 Å². The molecule has 5 heteroatoms. The van der Waals surface area contributed by atoms with E-state index in [9.17, 15) is 0 Å². The molecule has 5 nitrogen and oxygen atoms in total. The molecule has 1 N–H and O–H groups in total. The van der Waals surface area contributed by atoms with Crippen molar-refractivity contribution in [2.75, 3.05) is 6.54 Å². The molecule has 0 atom stereocenters. The van der Waals surface area contributed by atoms with Gasteiger partial charge in [-0.2, -0.15) is 5.10 Å². The van der Waals surface area contributed by atoms with E-state index >= 15 is 0 Å². The number of fused-ring (bicyclic) bond motifs is 1. The third kappa shape index (κ3) is 1.84. The summed E-state index contributed by atoms with van der Waals surface area (Å²) in [6, 6.07) is 0. The van der Waals surface area contributed by atoms with Crippen LogP contribution < -0.4 is 5.32 Å². The number of imidazole rings is 1. The van der Waals surface area contributed by atoms with Crippen LogP contribution in [-0.2, 0) is 26.4 Å². The van der Waals surface area contributed by atoms with E-state index in [1.54, 1.807) is 0 Å². The largest absolute Gasteiger partial charge is 0.311 e. The summed E-state index contributed by atoms with van der Waals surface area (Å²) in [6.45, 7) is 4.11. The Labute approximate surface area is 107 Å². The lowest BCUT2D eigenvalue weighted by Gasteiger charge is -2.14. The molecule has 1 aliphatic heterocycles. The molecule has 2 aromatic heterocycles. The molecule has 18 heavy (non-hydrogen) atoms. The number of aromatic nitrogens is 4. The number of hydrogen-bond acceptors (Lipinski definition) is 3. The molecule has 0 aromatic carbocycles. The first-order valence-corrected chi connectivity index (χ1v) is 6.58. The van der Waals surface area contributed by atoms with Crippen molar-refractivity contribution < 1.29 is 0 Å². The highest BCUT2D eigenvalue weighted by atomic mass is 15.3. The van der Waals surface area contributed by atoms with E-state index in [0.717, 1.165) is 38.0 Å². The lowest BCUT2D eigenvalue weighted by molar-refractivity contribution is 0.619. The summed E-state index contributed by atoms with van der Waals surface area (Å²) in [6.07, 6.45) is 7.15. The average Bonchev–Trinajstić information content (AvgIpc) is 2.92. The van der Waals surface area contributed by atoms with Crippen LogP contribution >= 0.6 is 0 Å². The zero-order chi connectivity index (χ0) is 12.5. The lowest BCUT2D eigenvalue weighted by atomic mass is 10.2. The fourth-order valence-electron chi connectivity index (χ4n) is 2.59. The van der Waals surface area contributed by atoms with E-state index in [0.29, 0.717) is 0 Å². The van der Waals surface area contributed by atoms with Gasteiger partial charge in [-0.25, -0.2) is 4.98 Å². The van der Waals surface area contributed by atoms with Gasteiger partial charge in [-0.1, -0.05) is 6.92 Å². The Balaban J connectivity index is 2.12. The highest BCUT2D eigenvalue weighted by Crippen LogP contribution is 2.21. The molecule has 0 aliphatic carbocycles. The van der Waals surface area contributed by atoms with Crippen LogP contribution in [0.15, 0.2) is 12.4 Å². The van der Waals surface area contributed by atoms with E-state index in [1.165, 1.54) is 17.2 Å². The minimum Gasteiger partial charge on any atom is -0.311 e. The van der Waals surface area contributed by atoms with Gasteiger partial charge in [-0.3, -0.25) is 9.25 Å². The highest BCUT2D eigenvalue weighted by Gasteiger charge is 2.20. The van der Waals surface area contributed by atoms with Crippen molar-refractivity contribution in [3.63, 3.8) is 0 Å². The molecular formula is C13H19N5. The third-order valence-corrected chi connectivity index (χ3v) is 3.38. The maximum atomic E-state index is 4.79. The average molecular weight is 245 g/mol. The number of rotatable bonds is 3. The van der Waals surface area contributed by atoms with Crippen LogP contribution in [0.25, 0.3) is 5.69 Å². The summed E-state index contributed by atoms with van der Waals surface area (Å²) in [5, 5.41) is 7.66. The van der Waals surface area contributed by atoms with Crippen LogP contribution in [0, 0.1) is 0 Å². The Morgan fingerprint density at radius 3 is 3.06 bits per heavy atom. The van der Waals surface area contributed by atoms with Crippen molar-refractivity contribution in [2.24, 2.45) is 7.05 Å². The quantitative estimate of drug-likeness (QED) is 0.884. The molecular weight excluding hydrogens is 226 g/mol. The van der Waals surface area contributed by atoms with E-state index in [4.69, 9.17) is 4.98 Å². The second kappa shape index (κ2) is 4.57. The number of nitrogens with zero attached hydrogens (tertiary/aromatic N) is 4. The van der Waals surface area contributed by atoms with Crippen molar-refractivity contribution in [3.05, 3.63) is 29.6 Å². The predicted octanol–water partition coefficient (Wildman–Crippen LogP) is 1.20.